The monoisotopic (exact) mass is 223 g/mol. The van der Waals surface area contributed by atoms with E-state index in [1.807, 2.05) is 45.9 Å². The van der Waals surface area contributed by atoms with Crippen molar-refractivity contribution in [2.24, 2.45) is 0 Å². The summed E-state index contributed by atoms with van der Waals surface area (Å²) >= 11 is 0. The van der Waals surface area contributed by atoms with E-state index in [1.165, 1.54) is 0 Å². The number of benzene rings is 1. The van der Waals surface area contributed by atoms with Gasteiger partial charge in [0.25, 0.3) is 0 Å². The van der Waals surface area contributed by atoms with E-state index in [2.05, 4.69) is 0 Å². The van der Waals surface area contributed by atoms with Crippen LogP contribution in [0, 0.1) is 6.92 Å². The van der Waals surface area contributed by atoms with Gasteiger partial charge in [0.15, 0.2) is 0 Å². The van der Waals surface area contributed by atoms with Crippen molar-refractivity contribution in [1.29, 1.82) is 0 Å². The van der Waals surface area contributed by atoms with Crippen molar-refractivity contribution in [2.45, 2.75) is 33.3 Å². The first kappa shape index (κ1) is 12.8. The standard InChI is InChI=1S/C13H21NO2/c1-10-7-11(14)9-12(8-10)15-5-6-16-13(2,3)4/h7-9H,5-6,14H2,1-4H3. The van der Waals surface area contributed by atoms with Crippen molar-refractivity contribution in [2.75, 3.05) is 18.9 Å². The fraction of sp³-hybridized carbons (Fsp3) is 0.538. The smallest absolute Gasteiger partial charge is 0.121 e. The molecule has 0 atom stereocenters. The van der Waals surface area contributed by atoms with Gasteiger partial charge in [-0.05, 0) is 45.4 Å². The molecular weight excluding hydrogens is 202 g/mol. The molecular formula is C13H21NO2. The molecule has 0 saturated heterocycles. The molecule has 90 valence electrons. The first-order valence-corrected chi connectivity index (χ1v) is 5.51. The van der Waals surface area contributed by atoms with Crippen molar-refractivity contribution < 1.29 is 9.47 Å². The first-order chi connectivity index (χ1) is 7.37. The number of hydrogen-bond donors (Lipinski definition) is 1. The van der Waals surface area contributed by atoms with Crippen LogP contribution in [-0.2, 0) is 4.74 Å². The van der Waals surface area contributed by atoms with Crippen LogP contribution in [0.3, 0.4) is 0 Å². The van der Waals surface area contributed by atoms with E-state index < -0.39 is 0 Å². The van der Waals surface area contributed by atoms with Crippen LogP contribution in [0.2, 0.25) is 0 Å². The molecule has 16 heavy (non-hydrogen) atoms. The summed E-state index contributed by atoms with van der Waals surface area (Å²) in [7, 11) is 0. The van der Waals surface area contributed by atoms with E-state index in [4.69, 9.17) is 15.2 Å². The fourth-order valence-electron chi connectivity index (χ4n) is 1.37. The third-order valence-corrected chi connectivity index (χ3v) is 1.96. The summed E-state index contributed by atoms with van der Waals surface area (Å²) in [5.74, 6) is 0.801. The number of nitrogens with two attached hydrogens (primary N) is 1. The first-order valence-electron chi connectivity index (χ1n) is 5.51. The van der Waals surface area contributed by atoms with Gasteiger partial charge < -0.3 is 15.2 Å². The second kappa shape index (κ2) is 5.21. The zero-order valence-electron chi connectivity index (χ0n) is 10.5. The normalized spacial score (nSPS) is 11.5. The minimum absolute atomic E-state index is 0.116. The Morgan fingerprint density at radius 1 is 1.12 bits per heavy atom. The van der Waals surface area contributed by atoms with Crippen LogP contribution in [0.5, 0.6) is 5.75 Å². The van der Waals surface area contributed by atoms with E-state index >= 15 is 0 Å². The van der Waals surface area contributed by atoms with Gasteiger partial charge in [-0.25, -0.2) is 0 Å². The van der Waals surface area contributed by atoms with E-state index in [1.54, 1.807) is 0 Å². The Balaban J connectivity index is 2.37. The molecule has 0 aliphatic heterocycles. The van der Waals surface area contributed by atoms with E-state index in [0.29, 0.717) is 13.2 Å². The summed E-state index contributed by atoms with van der Waals surface area (Å²) < 4.78 is 11.1. The highest BCUT2D eigenvalue weighted by molar-refractivity contribution is 5.47. The molecule has 1 aromatic rings. The molecule has 0 spiro atoms. The molecule has 0 heterocycles. The number of aryl methyl sites for hydroxylation is 1. The maximum Gasteiger partial charge on any atom is 0.121 e. The molecule has 0 fully saturated rings. The summed E-state index contributed by atoms with van der Waals surface area (Å²) in [6.45, 7) is 9.19. The predicted molar refractivity (Wildman–Crippen MR) is 66.8 cm³/mol. The maximum atomic E-state index is 5.72. The second-order valence-electron chi connectivity index (χ2n) is 4.89. The molecule has 0 aliphatic rings. The van der Waals surface area contributed by atoms with Crippen molar-refractivity contribution in [3.63, 3.8) is 0 Å². The number of anilines is 1. The average molecular weight is 223 g/mol. The summed E-state index contributed by atoms with van der Waals surface area (Å²) in [5, 5.41) is 0. The van der Waals surface area contributed by atoms with Gasteiger partial charge in [-0.3, -0.25) is 0 Å². The zero-order valence-corrected chi connectivity index (χ0v) is 10.5. The van der Waals surface area contributed by atoms with Crippen molar-refractivity contribution >= 4 is 5.69 Å². The van der Waals surface area contributed by atoms with Crippen LogP contribution >= 0.6 is 0 Å². The molecule has 0 aliphatic carbocycles. The lowest BCUT2D eigenvalue weighted by molar-refractivity contribution is -0.0163. The van der Waals surface area contributed by atoms with Crippen LogP contribution in [-0.4, -0.2) is 18.8 Å². The average Bonchev–Trinajstić information content (AvgIpc) is 2.09. The molecule has 0 unspecified atom stereocenters. The highest BCUT2D eigenvalue weighted by atomic mass is 16.5. The van der Waals surface area contributed by atoms with Gasteiger partial charge in [0, 0.05) is 11.8 Å². The SMILES string of the molecule is Cc1cc(N)cc(OCCOC(C)(C)C)c1. The summed E-state index contributed by atoms with van der Waals surface area (Å²) in [4.78, 5) is 0. The van der Waals surface area contributed by atoms with Gasteiger partial charge >= 0.3 is 0 Å². The predicted octanol–water partition coefficient (Wildman–Crippen LogP) is 2.77. The van der Waals surface area contributed by atoms with E-state index in [-0.39, 0.29) is 5.60 Å². The highest BCUT2D eigenvalue weighted by Crippen LogP contribution is 2.18. The minimum atomic E-state index is -0.116. The number of hydrogen-bond acceptors (Lipinski definition) is 3. The van der Waals surface area contributed by atoms with Crippen molar-refractivity contribution in [3.8, 4) is 5.75 Å². The Hall–Kier alpha value is -1.22. The van der Waals surface area contributed by atoms with Gasteiger partial charge in [0.2, 0.25) is 0 Å². The highest BCUT2D eigenvalue weighted by Gasteiger charge is 2.09. The lowest BCUT2D eigenvalue weighted by atomic mass is 10.2. The lowest BCUT2D eigenvalue weighted by Gasteiger charge is -2.19. The van der Waals surface area contributed by atoms with E-state index in [0.717, 1.165) is 17.0 Å². The molecule has 0 radical (unpaired) electrons. The number of ether oxygens (including phenoxy) is 2. The molecule has 2 N–H and O–H groups in total. The minimum Gasteiger partial charge on any atom is -0.491 e. The zero-order chi connectivity index (χ0) is 12.2. The van der Waals surface area contributed by atoms with Gasteiger partial charge in [0.05, 0.1) is 12.2 Å². The molecule has 1 aromatic carbocycles. The Kier molecular flexibility index (Phi) is 4.19. The van der Waals surface area contributed by atoms with Crippen LogP contribution in [0.4, 0.5) is 5.69 Å². The summed E-state index contributed by atoms with van der Waals surface area (Å²) in [5.41, 5.74) is 7.44. The van der Waals surface area contributed by atoms with Crippen molar-refractivity contribution in [3.05, 3.63) is 23.8 Å². The van der Waals surface area contributed by atoms with Gasteiger partial charge in [-0.2, -0.15) is 0 Å². The van der Waals surface area contributed by atoms with Crippen LogP contribution in [0.15, 0.2) is 18.2 Å². The third-order valence-electron chi connectivity index (χ3n) is 1.96. The topological polar surface area (TPSA) is 44.5 Å². The van der Waals surface area contributed by atoms with E-state index in [9.17, 15) is 0 Å². The molecule has 1 rings (SSSR count). The van der Waals surface area contributed by atoms with Crippen LogP contribution in [0.1, 0.15) is 26.3 Å². The quantitative estimate of drug-likeness (QED) is 0.630. The Labute approximate surface area is 97.6 Å². The molecule has 0 amide bonds. The van der Waals surface area contributed by atoms with Gasteiger partial charge in [0.1, 0.15) is 12.4 Å². The molecule has 0 saturated carbocycles. The maximum absolute atomic E-state index is 5.72. The van der Waals surface area contributed by atoms with Gasteiger partial charge in [-0.15, -0.1) is 0 Å². The number of rotatable bonds is 4. The second-order valence-corrected chi connectivity index (χ2v) is 4.89. The molecule has 0 aromatic heterocycles. The summed E-state index contributed by atoms with van der Waals surface area (Å²) in [6.07, 6.45) is 0. The number of nitrogen functional groups attached to an aromatic ring is 1. The van der Waals surface area contributed by atoms with Gasteiger partial charge in [-0.1, -0.05) is 0 Å². The summed E-state index contributed by atoms with van der Waals surface area (Å²) in [6, 6.07) is 5.70. The van der Waals surface area contributed by atoms with Crippen LogP contribution < -0.4 is 10.5 Å². The third kappa shape index (κ3) is 5.03. The molecule has 3 nitrogen and oxygen atoms in total. The fourth-order valence-corrected chi connectivity index (χ4v) is 1.37. The molecule has 0 bridgehead atoms. The van der Waals surface area contributed by atoms with Crippen molar-refractivity contribution in [1.82, 2.24) is 0 Å². The van der Waals surface area contributed by atoms with Crippen LogP contribution in [0.25, 0.3) is 0 Å². The Morgan fingerprint density at radius 3 is 2.38 bits per heavy atom. The Bertz CT molecular complexity index is 322. The lowest BCUT2D eigenvalue weighted by Crippen LogP contribution is -2.22. The molecule has 3 heteroatoms. The Morgan fingerprint density at radius 2 is 1.81 bits per heavy atom. The largest absolute Gasteiger partial charge is 0.491 e.